The second-order valence-electron chi connectivity index (χ2n) is 9.54. The van der Waals surface area contributed by atoms with Crippen molar-refractivity contribution in [2.75, 3.05) is 13.1 Å². The Balaban J connectivity index is 1.62. The molecule has 31 heavy (non-hydrogen) atoms. The van der Waals surface area contributed by atoms with Crippen LogP contribution in [-0.4, -0.2) is 43.2 Å². The first-order valence-electron chi connectivity index (χ1n) is 11.8. The van der Waals surface area contributed by atoms with Crippen molar-refractivity contribution in [2.45, 2.75) is 70.9 Å². The number of nitrogens with one attached hydrogen (secondary N) is 1. The van der Waals surface area contributed by atoms with Gasteiger partial charge in [0.05, 0.1) is 6.04 Å². The van der Waals surface area contributed by atoms with E-state index in [-0.39, 0.29) is 11.6 Å². The quantitative estimate of drug-likeness (QED) is 0.686. The molecule has 1 aromatic carbocycles. The maximum Gasteiger partial charge on any atom is 0.253 e. The highest BCUT2D eigenvalue weighted by atomic mass is 16.1. The van der Waals surface area contributed by atoms with E-state index in [1.54, 1.807) is 0 Å². The number of fused-ring (bicyclic) bond motifs is 1. The van der Waals surface area contributed by atoms with Crippen molar-refractivity contribution in [3.8, 4) is 0 Å². The lowest BCUT2D eigenvalue weighted by Crippen LogP contribution is -2.40. The summed E-state index contributed by atoms with van der Waals surface area (Å²) < 4.78 is 2.03. The van der Waals surface area contributed by atoms with Crippen LogP contribution in [0.5, 0.6) is 0 Å². The zero-order chi connectivity index (χ0) is 21.4. The summed E-state index contributed by atoms with van der Waals surface area (Å²) >= 11 is 0. The number of benzene rings is 1. The fraction of sp³-hybridized carbons (Fsp3) is 0.583. The fourth-order valence-corrected chi connectivity index (χ4v) is 5.30. The number of aryl methyl sites for hydroxylation is 1. The Labute approximate surface area is 182 Å². The van der Waals surface area contributed by atoms with E-state index in [9.17, 15) is 4.79 Å². The van der Waals surface area contributed by atoms with E-state index in [1.807, 2.05) is 16.8 Å². The van der Waals surface area contributed by atoms with Crippen LogP contribution < -0.4 is 5.56 Å². The standard InChI is InChI=1S/C24H32N6O/c1-16-10-12-29(13-11-16)22(23-26-27-28-30(23)19-6-4-3-5-7-19)20-15-18-14-17(2)8-9-21(18)25-24(20)31/h8-9,14-16,19,22H,3-7,10-13H2,1-2H3,(H,25,31)/t22-/m1/s1. The van der Waals surface area contributed by atoms with Crippen molar-refractivity contribution in [3.63, 3.8) is 0 Å². The van der Waals surface area contributed by atoms with Crippen LogP contribution in [0.3, 0.4) is 0 Å². The predicted octanol–water partition coefficient (Wildman–Crippen LogP) is 4.15. The second kappa shape index (κ2) is 8.54. The Morgan fingerprint density at radius 1 is 1.06 bits per heavy atom. The lowest BCUT2D eigenvalue weighted by molar-refractivity contribution is 0.146. The molecule has 3 aromatic rings. The van der Waals surface area contributed by atoms with Crippen molar-refractivity contribution < 1.29 is 0 Å². The van der Waals surface area contributed by atoms with Crippen LogP contribution >= 0.6 is 0 Å². The minimum atomic E-state index is -0.224. The molecule has 164 valence electrons. The van der Waals surface area contributed by atoms with Gasteiger partial charge < -0.3 is 4.98 Å². The molecule has 7 heteroatoms. The van der Waals surface area contributed by atoms with E-state index in [1.165, 1.54) is 24.8 Å². The third kappa shape index (κ3) is 4.03. The summed E-state index contributed by atoms with van der Waals surface area (Å²) in [5, 5.41) is 14.1. The maximum absolute atomic E-state index is 13.3. The molecule has 0 spiro atoms. The van der Waals surface area contributed by atoms with Gasteiger partial charge in [0.25, 0.3) is 5.56 Å². The Kier molecular flexibility index (Phi) is 5.61. The molecule has 1 atom stereocenters. The molecule has 1 aliphatic carbocycles. The summed E-state index contributed by atoms with van der Waals surface area (Å²) in [5.74, 6) is 1.53. The van der Waals surface area contributed by atoms with Crippen LogP contribution in [-0.2, 0) is 0 Å². The van der Waals surface area contributed by atoms with E-state index < -0.39 is 0 Å². The molecule has 0 radical (unpaired) electrons. The number of nitrogens with zero attached hydrogens (tertiary/aromatic N) is 5. The minimum absolute atomic E-state index is 0.0434. The number of piperidine rings is 1. The average Bonchev–Trinajstić information content (AvgIpc) is 3.26. The largest absolute Gasteiger partial charge is 0.322 e. The van der Waals surface area contributed by atoms with Crippen LogP contribution in [0.25, 0.3) is 10.9 Å². The number of aromatic amines is 1. The van der Waals surface area contributed by atoms with Gasteiger partial charge in [-0.2, -0.15) is 0 Å². The zero-order valence-electron chi connectivity index (χ0n) is 18.5. The number of aromatic nitrogens is 5. The third-order valence-corrected chi connectivity index (χ3v) is 7.19. The number of tetrazole rings is 1. The van der Waals surface area contributed by atoms with Gasteiger partial charge in [0.2, 0.25) is 0 Å². The van der Waals surface area contributed by atoms with Crippen molar-refractivity contribution in [1.82, 2.24) is 30.1 Å². The van der Waals surface area contributed by atoms with Crippen molar-refractivity contribution in [2.24, 2.45) is 5.92 Å². The van der Waals surface area contributed by atoms with Crippen LogP contribution in [0, 0.1) is 12.8 Å². The summed E-state index contributed by atoms with van der Waals surface area (Å²) in [6.45, 7) is 6.30. The lowest BCUT2D eigenvalue weighted by atomic mass is 9.93. The molecule has 7 nitrogen and oxygen atoms in total. The Morgan fingerprint density at radius 3 is 2.61 bits per heavy atom. The summed E-state index contributed by atoms with van der Waals surface area (Å²) in [6.07, 6.45) is 8.19. The number of hydrogen-bond acceptors (Lipinski definition) is 5. The summed E-state index contributed by atoms with van der Waals surface area (Å²) in [4.78, 5) is 18.8. The highest BCUT2D eigenvalue weighted by molar-refractivity contribution is 5.79. The molecule has 1 aliphatic heterocycles. The van der Waals surface area contributed by atoms with Gasteiger partial charge in [-0.05, 0) is 85.6 Å². The fourth-order valence-electron chi connectivity index (χ4n) is 5.30. The zero-order valence-corrected chi connectivity index (χ0v) is 18.5. The molecule has 0 bridgehead atoms. The van der Waals surface area contributed by atoms with Crippen LogP contribution in [0.1, 0.15) is 80.9 Å². The summed E-state index contributed by atoms with van der Waals surface area (Å²) in [7, 11) is 0. The SMILES string of the molecule is Cc1ccc2[nH]c(=O)c([C@H](c3nnnn3C3CCCCC3)N3CCC(C)CC3)cc2c1. The first-order chi connectivity index (χ1) is 15.1. The molecule has 2 aliphatic rings. The topological polar surface area (TPSA) is 79.7 Å². The first kappa shape index (κ1) is 20.4. The third-order valence-electron chi connectivity index (χ3n) is 7.19. The molecule has 2 fully saturated rings. The Hall–Kier alpha value is -2.54. The highest BCUT2D eigenvalue weighted by Gasteiger charge is 2.34. The van der Waals surface area contributed by atoms with Gasteiger partial charge >= 0.3 is 0 Å². The van der Waals surface area contributed by atoms with E-state index >= 15 is 0 Å². The van der Waals surface area contributed by atoms with E-state index in [2.05, 4.69) is 51.4 Å². The molecule has 1 saturated carbocycles. The number of likely N-dealkylation sites (tertiary alicyclic amines) is 1. The highest BCUT2D eigenvalue weighted by Crippen LogP contribution is 2.34. The molecule has 1 N–H and O–H groups in total. The molecule has 1 saturated heterocycles. The summed E-state index contributed by atoms with van der Waals surface area (Å²) in [5.41, 5.74) is 2.76. The number of H-pyrrole nitrogens is 1. The van der Waals surface area contributed by atoms with Gasteiger partial charge in [0, 0.05) is 11.1 Å². The smallest absolute Gasteiger partial charge is 0.253 e. The van der Waals surface area contributed by atoms with E-state index in [0.29, 0.717) is 12.0 Å². The van der Waals surface area contributed by atoms with Gasteiger partial charge in [-0.25, -0.2) is 4.68 Å². The molecule has 0 amide bonds. The van der Waals surface area contributed by atoms with Gasteiger partial charge in [0.1, 0.15) is 6.04 Å². The van der Waals surface area contributed by atoms with Crippen molar-refractivity contribution in [1.29, 1.82) is 0 Å². The van der Waals surface area contributed by atoms with Crippen LogP contribution in [0.2, 0.25) is 0 Å². The van der Waals surface area contributed by atoms with Crippen molar-refractivity contribution in [3.05, 3.63) is 51.6 Å². The Morgan fingerprint density at radius 2 is 1.84 bits per heavy atom. The van der Waals surface area contributed by atoms with E-state index in [0.717, 1.165) is 61.1 Å². The van der Waals surface area contributed by atoms with Crippen molar-refractivity contribution >= 4 is 10.9 Å². The van der Waals surface area contributed by atoms with Gasteiger partial charge in [-0.3, -0.25) is 9.69 Å². The first-order valence-corrected chi connectivity index (χ1v) is 11.8. The maximum atomic E-state index is 13.3. The van der Waals surface area contributed by atoms with Crippen LogP contribution in [0.4, 0.5) is 0 Å². The number of hydrogen-bond donors (Lipinski definition) is 1. The molecular weight excluding hydrogens is 388 g/mol. The van der Waals surface area contributed by atoms with Gasteiger partial charge in [0.15, 0.2) is 5.82 Å². The monoisotopic (exact) mass is 420 g/mol. The number of pyridine rings is 1. The average molecular weight is 421 g/mol. The molecule has 3 heterocycles. The molecular formula is C24H32N6O. The second-order valence-corrected chi connectivity index (χ2v) is 9.54. The minimum Gasteiger partial charge on any atom is -0.322 e. The predicted molar refractivity (Wildman–Crippen MR) is 121 cm³/mol. The Bertz CT molecular complexity index is 1100. The summed E-state index contributed by atoms with van der Waals surface area (Å²) in [6, 6.07) is 8.31. The van der Waals surface area contributed by atoms with Gasteiger partial charge in [-0.15, -0.1) is 5.10 Å². The molecule has 0 unspecified atom stereocenters. The lowest BCUT2D eigenvalue weighted by Gasteiger charge is -2.36. The molecule has 5 rings (SSSR count). The molecule has 2 aromatic heterocycles. The number of rotatable bonds is 4. The van der Waals surface area contributed by atoms with E-state index in [4.69, 9.17) is 0 Å². The van der Waals surface area contributed by atoms with Gasteiger partial charge in [-0.1, -0.05) is 37.8 Å². The normalized spacial score (nSPS) is 20.3. The van der Waals surface area contributed by atoms with Crippen LogP contribution in [0.15, 0.2) is 29.1 Å².